The first-order valence-electron chi connectivity index (χ1n) is 7.69. The van der Waals surface area contributed by atoms with Crippen LogP contribution in [-0.2, 0) is 0 Å². The maximum absolute atomic E-state index is 12.8. The molecule has 3 N–H and O–H groups in total. The van der Waals surface area contributed by atoms with E-state index in [-0.39, 0.29) is 27.6 Å². The van der Waals surface area contributed by atoms with E-state index >= 15 is 0 Å². The highest BCUT2D eigenvalue weighted by Crippen LogP contribution is 2.45. The maximum Gasteiger partial charge on any atom is 0.256 e. The largest absolute Gasteiger partial charge is 0.439 e. The average Bonchev–Trinajstić information content (AvgIpc) is 2.63. The number of H-pyrrole nitrogens is 1. The van der Waals surface area contributed by atoms with Crippen LogP contribution in [0.15, 0.2) is 58.7 Å². The molecular weight excluding hydrogens is 373 g/mol. The third kappa shape index (κ3) is 2.35. The van der Waals surface area contributed by atoms with Crippen LogP contribution in [0.5, 0.6) is 5.75 Å². The first-order valence-corrected chi connectivity index (χ1v) is 8.45. The number of benzene rings is 2. The number of fused-ring (bicyclic) bond motifs is 3. The van der Waals surface area contributed by atoms with Gasteiger partial charge in [-0.2, -0.15) is 5.26 Å². The number of allylic oxidation sites excluding steroid dienone is 1. The van der Waals surface area contributed by atoms with Gasteiger partial charge >= 0.3 is 0 Å². The lowest BCUT2D eigenvalue weighted by Gasteiger charge is -2.27. The Bertz CT molecular complexity index is 1190. The Hall–Kier alpha value is -2.94. The lowest BCUT2D eigenvalue weighted by molar-refractivity contribution is 0.397. The number of hydrogen-bond donors (Lipinski definition) is 2. The van der Waals surface area contributed by atoms with Gasteiger partial charge in [-0.15, -0.1) is 0 Å². The van der Waals surface area contributed by atoms with Crippen LogP contribution in [-0.4, -0.2) is 4.98 Å². The molecule has 128 valence electrons. The van der Waals surface area contributed by atoms with Crippen molar-refractivity contribution in [3.05, 3.63) is 85.4 Å². The fourth-order valence-corrected chi connectivity index (χ4v) is 3.64. The van der Waals surface area contributed by atoms with Crippen LogP contribution in [0, 0.1) is 11.3 Å². The number of pyridine rings is 1. The fourth-order valence-electron chi connectivity index (χ4n) is 3.23. The molecule has 0 unspecified atom stereocenters. The van der Waals surface area contributed by atoms with Gasteiger partial charge in [0.1, 0.15) is 17.4 Å². The highest BCUT2D eigenvalue weighted by molar-refractivity contribution is 6.42. The van der Waals surface area contributed by atoms with Gasteiger partial charge in [0.25, 0.3) is 5.56 Å². The number of nitrogens with one attached hydrogen (secondary N) is 1. The van der Waals surface area contributed by atoms with Crippen molar-refractivity contribution in [2.75, 3.05) is 0 Å². The molecule has 1 aliphatic rings. The quantitative estimate of drug-likeness (QED) is 0.662. The predicted octanol–water partition coefficient (Wildman–Crippen LogP) is 4.05. The van der Waals surface area contributed by atoms with Crippen LogP contribution in [0.4, 0.5) is 0 Å². The predicted molar refractivity (Wildman–Crippen MR) is 100 cm³/mol. The van der Waals surface area contributed by atoms with Crippen LogP contribution < -0.4 is 16.0 Å². The number of hydrogen-bond acceptors (Lipinski definition) is 4. The number of aromatic nitrogens is 1. The molecule has 0 amide bonds. The summed E-state index contributed by atoms with van der Waals surface area (Å²) in [6.45, 7) is 0. The summed E-state index contributed by atoms with van der Waals surface area (Å²) >= 11 is 12.5. The number of nitrogens with two attached hydrogens (primary N) is 1. The summed E-state index contributed by atoms with van der Waals surface area (Å²) in [6.07, 6.45) is 0. The summed E-state index contributed by atoms with van der Waals surface area (Å²) in [5.74, 6) is -0.512. The first-order chi connectivity index (χ1) is 12.5. The van der Waals surface area contributed by atoms with Crippen LogP contribution in [0.3, 0.4) is 0 Å². The number of para-hydroxylation sites is 1. The number of aromatic amines is 1. The van der Waals surface area contributed by atoms with Crippen molar-refractivity contribution in [3.63, 3.8) is 0 Å². The molecule has 2 aromatic carbocycles. The van der Waals surface area contributed by atoms with Crippen LogP contribution in [0.25, 0.3) is 10.9 Å². The summed E-state index contributed by atoms with van der Waals surface area (Å²) in [5.41, 5.74) is 7.15. The number of nitriles is 1. The molecule has 3 aromatic rings. The van der Waals surface area contributed by atoms with Crippen molar-refractivity contribution in [2.24, 2.45) is 5.73 Å². The summed E-state index contributed by atoms with van der Waals surface area (Å²) in [7, 11) is 0. The molecule has 0 saturated carbocycles. The van der Waals surface area contributed by atoms with Crippen LogP contribution in [0.2, 0.25) is 10.0 Å². The van der Waals surface area contributed by atoms with Crippen LogP contribution >= 0.6 is 23.2 Å². The molecule has 0 bridgehead atoms. The topological polar surface area (TPSA) is 91.9 Å². The molecule has 2 heterocycles. The van der Waals surface area contributed by atoms with Gasteiger partial charge in [-0.1, -0.05) is 47.5 Å². The lowest BCUT2D eigenvalue weighted by atomic mass is 9.83. The number of halogens is 2. The number of rotatable bonds is 1. The van der Waals surface area contributed by atoms with E-state index in [1.165, 1.54) is 0 Å². The van der Waals surface area contributed by atoms with E-state index in [0.717, 1.165) is 0 Å². The molecule has 1 atom stereocenters. The second-order valence-corrected chi connectivity index (χ2v) is 6.60. The number of ether oxygens (including phenoxy) is 1. The Morgan fingerprint density at radius 2 is 1.92 bits per heavy atom. The van der Waals surface area contributed by atoms with Gasteiger partial charge < -0.3 is 15.5 Å². The van der Waals surface area contributed by atoms with E-state index in [0.29, 0.717) is 27.2 Å². The summed E-state index contributed by atoms with van der Waals surface area (Å²) in [6, 6.07) is 14.3. The molecule has 1 aromatic heterocycles. The highest BCUT2D eigenvalue weighted by atomic mass is 35.5. The average molecular weight is 384 g/mol. The third-order valence-electron chi connectivity index (χ3n) is 4.38. The summed E-state index contributed by atoms with van der Waals surface area (Å²) in [5, 5.41) is 10.9. The summed E-state index contributed by atoms with van der Waals surface area (Å²) in [4.78, 5) is 15.7. The van der Waals surface area contributed by atoms with Crippen molar-refractivity contribution in [3.8, 4) is 11.8 Å². The van der Waals surface area contributed by atoms with Crippen molar-refractivity contribution in [1.82, 2.24) is 4.98 Å². The lowest BCUT2D eigenvalue weighted by Crippen LogP contribution is -2.28. The Kier molecular flexibility index (Phi) is 3.87. The first kappa shape index (κ1) is 16.5. The van der Waals surface area contributed by atoms with Gasteiger partial charge in [0.05, 0.1) is 27.0 Å². The van der Waals surface area contributed by atoms with E-state index in [2.05, 4.69) is 4.98 Å². The van der Waals surface area contributed by atoms with Crippen molar-refractivity contribution < 1.29 is 4.74 Å². The van der Waals surface area contributed by atoms with E-state index in [1.54, 1.807) is 30.3 Å². The highest BCUT2D eigenvalue weighted by Gasteiger charge is 2.35. The minimum Gasteiger partial charge on any atom is -0.439 e. The van der Waals surface area contributed by atoms with Crippen molar-refractivity contribution in [1.29, 1.82) is 5.26 Å². The van der Waals surface area contributed by atoms with Crippen LogP contribution in [0.1, 0.15) is 17.0 Å². The van der Waals surface area contributed by atoms with Crippen molar-refractivity contribution in [2.45, 2.75) is 5.92 Å². The minimum atomic E-state index is -0.775. The van der Waals surface area contributed by atoms with E-state index in [9.17, 15) is 10.1 Å². The molecular formula is C19H11Cl2N3O2. The van der Waals surface area contributed by atoms with E-state index in [4.69, 9.17) is 33.7 Å². The minimum absolute atomic E-state index is 0.0585. The molecule has 5 nitrogen and oxygen atoms in total. The SMILES string of the molecule is N#CC1=C(N)Oc2c(c(=O)[nH]c3ccccc23)[C@H]1c1cccc(Cl)c1Cl. The van der Waals surface area contributed by atoms with Gasteiger partial charge in [-0.25, -0.2) is 0 Å². The van der Waals surface area contributed by atoms with E-state index in [1.807, 2.05) is 18.2 Å². The van der Waals surface area contributed by atoms with Gasteiger partial charge in [0.15, 0.2) is 0 Å². The monoisotopic (exact) mass is 383 g/mol. The summed E-state index contributed by atoms with van der Waals surface area (Å²) < 4.78 is 5.69. The zero-order valence-corrected chi connectivity index (χ0v) is 14.7. The second kappa shape index (κ2) is 6.10. The van der Waals surface area contributed by atoms with Gasteiger partial charge in [-0.3, -0.25) is 4.79 Å². The number of nitrogens with zero attached hydrogens (tertiary/aromatic N) is 1. The van der Waals surface area contributed by atoms with Crippen molar-refractivity contribution >= 4 is 34.1 Å². The fraction of sp³-hybridized carbons (Fsp3) is 0.0526. The standard InChI is InChI=1S/C19H11Cl2N3O2/c20-12-6-3-5-10(16(12)21)14-11(8-22)18(23)26-17-9-4-1-2-7-13(9)24-19(25)15(14)17/h1-7,14H,23H2,(H,24,25)/t14-/m0/s1. The molecule has 26 heavy (non-hydrogen) atoms. The Balaban J connectivity index is 2.13. The van der Waals surface area contributed by atoms with Gasteiger partial charge in [0, 0.05) is 5.39 Å². The molecule has 0 radical (unpaired) electrons. The van der Waals surface area contributed by atoms with Gasteiger partial charge in [-0.05, 0) is 23.8 Å². The maximum atomic E-state index is 12.8. The zero-order chi connectivity index (χ0) is 18.4. The second-order valence-electron chi connectivity index (χ2n) is 5.81. The molecule has 0 aliphatic carbocycles. The third-order valence-corrected chi connectivity index (χ3v) is 5.21. The smallest absolute Gasteiger partial charge is 0.256 e. The zero-order valence-electron chi connectivity index (χ0n) is 13.2. The molecule has 0 spiro atoms. The molecule has 0 fully saturated rings. The molecule has 0 saturated heterocycles. The van der Waals surface area contributed by atoms with E-state index < -0.39 is 5.92 Å². The van der Waals surface area contributed by atoms with Gasteiger partial charge in [0.2, 0.25) is 5.88 Å². The molecule has 1 aliphatic heterocycles. The Labute approximate surface area is 158 Å². The normalized spacial score (nSPS) is 16.1. The Morgan fingerprint density at radius 3 is 2.69 bits per heavy atom. The molecule has 7 heteroatoms. The molecule has 4 rings (SSSR count). The Morgan fingerprint density at radius 1 is 1.15 bits per heavy atom.